The number of unbranched alkanes of at least 4 members (excludes halogenated alkanes) is 34. The van der Waals surface area contributed by atoms with Gasteiger partial charge in [-0.2, -0.15) is 0 Å². The minimum absolute atomic E-state index is 0.373. The van der Waals surface area contributed by atoms with Gasteiger partial charge >= 0.3 is 0 Å². The van der Waals surface area contributed by atoms with E-state index in [2.05, 4.69) is 31.3 Å². The van der Waals surface area contributed by atoms with Gasteiger partial charge in [0.25, 0.3) is 0 Å². The Morgan fingerprint density at radius 3 is 1.13 bits per heavy atom. The van der Waals surface area contributed by atoms with Crippen LogP contribution in [0.3, 0.4) is 0 Å². The van der Waals surface area contributed by atoms with Crippen molar-refractivity contribution < 1.29 is 20.1 Å². The smallest absolute Gasteiger partial charge is 0.249 e. The Labute approximate surface area is 337 Å². The van der Waals surface area contributed by atoms with Crippen LogP contribution in [0, 0.1) is 0 Å². The number of hydrogen-bond donors (Lipinski definition) is 4. The van der Waals surface area contributed by atoms with E-state index in [4.69, 9.17) is 0 Å². The molecule has 0 fully saturated rings. The molecule has 0 radical (unpaired) electrons. The molecule has 0 saturated heterocycles. The molecule has 0 aromatic rings. The van der Waals surface area contributed by atoms with Crippen molar-refractivity contribution in [2.24, 2.45) is 0 Å². The summed E-state index contributed by atoms with van der Waals surface area (Å²) in [6, 6.07) is -0.810. The Morgan fingerprint density at radius 2 is 0.759 bits per heavy atom. The van der Waals surface area contributed by atoms with Crippen molar-refractivity contribution in [2.75, 3.05) is 6.61 Å². The molecule has 0 rings (SSSR count). The molecule has 5 nitrogen and oxygen atoms in total. The van der Waals surface area contributed by atoms with E-state index in [0.717, 1.165) is 38.5 Å². The molecule has 0 heterocycles. The van der Waals surface area contributed by atoms with Gasteiger partial charge in [-0.25, -0.2) is 0 Å². The van der Waals surface area contributed by atoms with Gasteiger partial charge in [0.05, 0.1) is 18.8 Å². The maximum atomic E-state index is 12.5. The lowest BCUT2D eigenvalue weighted by Crippen LogP contribution is -2.48. The molecule has 0 aliphatic rings. The van der Waals surface area contributed by atoms with E-state index in [1.807, 2.05) is 6.08 Å². The maximum Gasteiger partial charge on any atom is 0.249 e. The topological polar surface area (TPSA) is 89.8 Å². The van der Waals surface area contributed by atoms with Crippen molar-refractivity contribution in [3.8, 4) is 0 Å². The Hall–Kier alpha value is -1.17. The molecule has 1 amide bonds. The molecule has 0 spiro atoms. The van der Waals surface area contributed by atoms with Crippen molar-refractivity contribution in [3.63, 3.8) is 0 Å². The summed E-state index contributed by atoms with van der Waals surface area (Å²) in [5.41, 5.74) is 0. The van der Waals surface area contributed by atoms with Crippen LogP contribution in [0.5, 0.6) is 0 Å². The number of allylic oxidation sites excluding steroid dienone is 3. The number of aliphatic hydroxyl groups excluding tert-OH is 3. The number of rotatable bonds is 44. The normalized spacial score (nSPS) is 13.6. The first-order valence-corrected chi connectivity index (χ1v) is 24.2. The van der Waals surface area contributed by atoms with Crippen LogP contribution >= 0.6 is 0 Å². The van der Waals surface area contributed by atoms with E-state index in [9.17, 15) is 20.1 Å². The highest BCUT2D eigenvalue weighted by molar-refractivity contribution is 5.80. The van der Waals surface area contributed by atoms with Crippen LogP contribution < -0.4 is 5.32 Å². The van der Waals surface area contributed by atoms with Crippen molar-refractivity contribution >= 4 is 5.91 Å². The van der Waals surface area contributed by atoms with Crippen molar-refractivity contribution in [1.29, 1.82) is 0 Å². The minimum atomic E-state index is -1.10. The number of carbonyl (C=O) groups is 1. The fourth-order valence-corrected chi connectivity index (χ4v) is 7.50. The molecule has 54 heavy (non-hydrogen) atoms. The first-order chi connectivity index (χ1) is 26.6. The summed E-state index contributed by atoms with van der Waals surface area (Å²) in [5.74, 6) is -0.509. The van der Waals surface area contributed by atoms with Gasteiger partial charge < -0.3 is 20.6 Å². The largest absolute Gasteiger partial charge is 0.394 e. The average molecular weight is 762 g/mol. The summed E-state index contributed by atoms with van der Waals surface area (Å²) >= 11 is 0. The van der Waals surface area contributed by atoms with Crippen LogP contribution in [0.1, 0.15) is 258 Å². The van der Waals surface area contributed by atoms with Gasteiger partial charge in [-0.1, -0.05) is 250 Å². The molecule has 0 aromatic heterocycles. The number of amides is 1. The Bertz CT molecular complexity index is 799. The number of nitrogens with one attached hydrogen (secondary N) is 1. The molecule has 0 saturated carbocycles. The van der Waals surface area contributed by atoms with Crippen LogP contribution in [-0.2, 0) is 4.79 Å². The second-order valence-corrected chi connectivity index (χ2v) is 16.7. The zero-order valence-electron chi connectivity index (χ0n) is 36.4. The second kappa shape index (κ2) is 44.5. The summed E-state index contributed by atoms with van der Waals surface area (Å²) in [6.45, 7) is 4.18. The fourth-order valence-electron chi connectivity index (χ4n) is 7.50. The Balaban J connectivity index is 3.58. The Morgan fingerprint density at radius 1 is 0.444 bits per heavy atom. The number of carbonyl (C=O) groups excluding carboxylic acids is 1. The number of hydrogen-bond acceptors (Lipinski definition) is 4. The van der Waals surface area contributed by atoms with Gasteiger partial charge in [0.2, 0.25) is 5.91 Å². The third kappa shape index (κ3) is 39.1. The van der Waals surface area contributed by atoms with E-state index >= 15 is 0 Å². The first kappa shape index (κ1) is 52.8. The standard InChI is InChI=1S/C49H95NO4/c1-3-5-7-9-11-13-15-17-19-20-21-22-23-24-25-26-27-28-29-30-32-34-36-38-40-42-44-48(53)49(54)50-46(45-51)47(52)43-41-39-37-35-33-31-18-16-14-12-10-8-6-4-2/h33,35,41,43,46-48,51-53H,3-32,34,36-40,42,44-45H2,1-2H3,(H,50,54)/b35-33+,43-41+. The van der Waals surface area contributed by atoms with Crippen LogP contribution in [0.2, 0.25) is 0 Å². The molecule has 0 aliphatic heterocycles. The predicted molar refractivity (Wildman–Crippen MR) is 236 cm³/mol. The Kier molecular flexibility index (Phi) is 43.6. The van der Waals surface area contributed by atoms with Gasteiger partial charge in [-0.3, -0.25) is 4.79 Å². The molecule has 3 atom stereocenters. The first-order valence-electron chi connectivity index (χ1n) is 24.2. The van der Waals surface area contributed by atoms with Crippen molar-refractivity contribution in [1.82, 2.24) is 5.32 Å². The highest BCUT2D eigenvalue weighted by Gasteiger charge is 2.22. The lowest BCUT2D eigenvalue weighted by molar-refractivity contribution is -0.131. The highest BCUT2D eigenvalue weighted by atomic mass is 16.3. The monoisotopic (exact) mass is 762 g/mol. The zero-order valence-corrected chi connectivity index (χ0v) is 36.4. The second-order valence-electron chi connectivity index (χ2n) is 16.7. The number of aliphatic hydroxyl groups is 3. The van der Waals surface area contributed by atoms with Crippen LogP contribution in [-0.4, -0.2) is 46.1 Å². The van der Waals surface area contributed by atoms with Gasteiger partial charge in [0.1, 0.15) is 6.10 Å². The lowest BCUT2D eigenvalue weighted by atomic mass is 10.0. The predicted octanol–water partition coefficient (Wildman–Crippen LogP) is 14.2. The molecule has 4 N–H and O–H groups in total. The molecule has 320 valence electrons. The van der Waals surface area contributed by atoms with Crippen molar-refractivity contribution in [2.45, 2.75) is 276 Å². The molecule has 0 aliphatic carbocycles. The van der Waals surface area contributed by atoms with Crippen molar-refractivity contribution in [3.05, 3.63) is 24.3 Å². The molecule has 5 heteroatoms. The average Bonchev–Trinajstić information content (AvgIpc) is 3.18. The summed E-state index contributed by atoms with van der Waals surface area (Å²) in [7, 11) is 0. The zero-order chi connectivity index (χ0) is 39.4. The lowest BCUT2D eigenvalue weighted by Gasteiger charge is -2.21. The van der Waals surface area contributed by atoms with Crippen LogP contribution in [0.15, 0.2) is 24.3 Å². The molecular weight excluding hydrogens is 667 g/mol. The van der Waals surface area contributed by atoms with E-state index in [1.165, 1.54) is 199 Å². The van der Waals surface area contributed by atoms with Gasteiger partial charge in [0, 0.05) is 0 Å². The molecule has 0 aromatic carbocycles. The molecule has 3 unspecified atom stereocenters. The third-order valence-electron chi connectivity index (χ3n) is 11.3. The van der Waals surface area contributed by atoms with E-state index in [0.29, 0.717) is 6.42 Å². The van der Waals surface area contributed by atoms with Crippen LogP contribution in [0.4, 0.5) is 0 Å². The minimum Gasteiger partial charge on any atom is -0.394 e. The summed E-state index contributed by atoms with van der Waals surface area (Å²) in [5, 5.41) is 33.1. The fraction of sp³-hybridized carbons (Fsp3) is 0.898. The van der Waals surface area contributed by atoms with Gasteiger partial charge in [-0.05, 0) is 32.1 Å². The summed E-state index contributed by atoms with van der Waals surface area (Å²) in [4.78, 5) is 12.5. The van der Waals surface area contributed by atoms with Gasteiger partial charge in [-0.15, -0.1) is 0 Å². The van der Waals surface area contributed by atoms with Crippen LogP contribution in [0.25, 0.3) is 0 Å². The quantitative estimate of drug-likeness (QED) is 0.0368. The SMILES string of the molecule is CCCCCCCCCC/C=C/CC/C=C/C(O)C(CO)NC(=O)C(O)CCCCCCCCCCCCCCCCCCCCCCCCCCCC. The highest BCUT2D eigenvalue weighted by Crippen LogP contribution is 2.17. The summed E-state index contributed by atoms with van der Waals surface area (Å²) in [6.07, 6.45) is 55.2. The van der Waals surface area contributed by atoms with E-state index in [1.54, 1.807) is 6.08 Å². The van der Waals surface area contributed by atoms with E-state index in [-0.39, 0.29) is 6.61 Å². The summed E-state index contributed by atoms with van der Waals surface area (Å²) < 4.78 is 0. The van der Waals surface area contributed by atoms with E-state index < -0.39 is 24.2 Å². The third-order valence-corrected chi connectivity index (χ3v) is 11.3. The van der Waals surface area contributed by atoms with Gasteiger partial charge in [0.15, 0.2) is 0 Å². The molecule has 0 bridgehead atoms. The maximum absolute atomic E-state index is 12.5. The molecular formula is C49H95NO4.